The molecule has 0 unspecified atom stereocenters. The predicted octanol–water partition coefficient (Wildman–Crippen LogP) is 2.49. The molecule has 1 amide bonds. The van der Waals surface area contributed by atoms with Crippen LogP contribution in [-0.4, -0.2) is 90.9 Å². The molecular formula is C30H41F2N5O3. The molecule has 3 atom stereocenters. The van der Waals surface area contributed by atoms with Crippen LogP contribution in [0.3, 0.4) is 0 Å². The summed E-state index contributed by atoms with van der Waals surface area (Å²) in [6.45, 7) is 15.6. The van der Waals surface area contributed by atoms with E-state index < -0.39 is 17.0 Å². The number of carbonyl (C=O) groups excluding carboxylic acids is 1. The van der Waals surface area contributed by atoms with Gasteiger partial charge in [0.15, 0.2) is 0 Å². The number of halogens is 2. The van der Waals surface area contributed by atoms with E-state index in [1.54, 1.807) is 18.0 Å². The Bertz CT molecular complexity index is 1330. The molecule has 218 valence electrons. The third-order valence-corrected chi connectivity index (χ3v) is 8.68. The fourth-order valence-electron chi connectivity index (χ4n) is 6.54. The van der Waals surface area contributed by atoms with Crippen LogP contribution < -0.4 is 15.8 Å². The Balaban J connectivity index is 1.41. The molecule has 0 spiro atoms. The molecule has 40 heavy (non-hydrogen) atoms. The summed E-state index contributed by atoms with van der Waals surface area (Å²) >= 11 is 0. The van der Waals surface area contributed by atoms with Gasteiger partial charge in [-0.1, -0.05) is 19.9 Å². The highest BCUT2D eigenvalue weighted by Gasteiger charge is 2.42. The summed E-state index contributed by atoms with van der Waals surface area (Å²) in [5, 5.41) is 3.57. The van der Waals surface area contributed by atoms with Crippen molar-refractivity contribution in [2.75, 3.05) is 57.4 Å². The van der Waals surface area contributed by atoms with Crippen LogP contribution in [0.25, 0.3) is 0 Å². The number of nitrogens with one attached hydrogen (secondary N) is 1. The van der Waals surface area contributed by atoms with Gasteiger partial charge in [0.05, 0.1) is 32.0 Å². The summed E-state index contributed by atoms with van der Waals surface area (Å²) < 4.78 is 35.0. The normalized spacial score (nSPS) is 25.3. The van der Waals surface area contributed by atoms with Crippen LogP contribution in [0.2, 0.25) is 0 Å². The largest absolute Gasteiger partial charge is 0.379 e. The van der Waals surface area contributed by atoms with Crippen molar-refractivity contribution in [3.05, 3.63) is 63.1 Å². The van der Waals surface area contributed by atoms with E-state index in [0.29, 0.717) is 23.8 Å². The number of hydrogen-bond acceptors (Lipinski definition) is 6. The number of nitrogens with zero attached hydrogens (tertiary/aromatic N) is 4. The van der Waals surface area contributed by atoms with E-state index in [4.69, 9.17) is 4.74 Å². The zero-order valence-electron chi connectivity index (χ0n) is 24.2. The number of fused-ring (bicyclic) bond motifs is 1. The average molecular weight is 558 g/mol. The number of morpholine rings is 1. The van der Waals surface area contributed by atoms with Crippen LogP contribution in [0.1, 0.15) is 44.4 Å². The van der Waals surface area contributed by atoms with Crippen molar-refractivity contribution in [2.24, 2.45) is 0 Å². The molecule has 3 aliphatic rings. The molecule has 2 aromatic rings. The van der Waals surface area contributed by atoms with Gasteiger partial charge in [-0.15, -0.1) is 0 Å². The fourth-order valence-corrected chi connectivity index (χ4v) is 6.54. The summed E-state index contributed by atoms with van der Waals surface area (Å²) in [6, 6.07) is 4.16. The summed E-state index contributed by atoms with van der Waals surface area (Å²) in [5.41, 5.74) is 1.67. The molecule has 1 aromatic carbocycles. The van der Waals surface area contributed by atoms with Crippen LogP contribution in [0, 0.1) is 18.6 Å². The Hall–Kier alpha value is -2.66. The zero-order chi connectivity index (χ0) is 28.8. The van der Waals surface area contributed by atoms with E-state index in [1.807, 2.05) is 13.8 Å². The van der Waals surface area contributed by atoms with Crippen molar-refractivity contribution < 1.29 is 18.3 Å². The zero-order valence-corrected chi connectivity index (χ0v) is 24.2. The second kappa shape index (κ2) is 11.3. The van der Waals surface area contributed by atoms with E-state index in [2.05, 4.69) is 29.0 Å². The molecule has 0 bridgehead atoms. The lowest BCUT2D eigenvalue weighted by molar-refractivity contribution is -0.121. The minimum Gasteiger partial charge on any atom is -0.379 e. The van der Waals surface area contributed by atoms with Crippen molar-refractivity contribution in [3.8, 4) is 0 Å². The number of carbonyl (C=O) groups is 1. The number of pyridine rings is 1. The van der Waals surface area contributed by atoms with Crippen molar-refractivity contribution in [1.82, 2.24) is 19.7 Å². The van der Waals surface area contributed by atoms with Gasteiger partial charge in [-0.25, -0.2) is 8.78 Å². The monoisotopic (exact) mass is 557 g/mol. The molecule has 10 heteroatoms. The number of rotatable bonds is 6. The fraction of sp³-hybridized carbons (Fsp3) is 0.600. The number of benzene rings is 1. The van der Waals surface area contributed by atoms with Crippen LogP contribution in [-0.2, 0) is 21.5 Å². The minimum absolute atomic E-state index is 0.0153. The molecule has 2 saturated heterocycles. The summed E-state index contributed by atoms with van der Waals surface area (Å²) in [4.78, 5) is 33.8. The summed E-state index contributed by atoms with van der Waals surface area (Å²) in [7, 11) is 0. The lowest BCUT2D eigenvalue weighted by Gasteiger charge is -2.43. The molecule has 3 aliphatic heterocycles. The topological polar surface area (TPSA) is 70.1 Å². The van der Waals surface area contributed by atoms with E-state index in [0.717, 1.165) is 51.0 Å². The van der Waals surface area contributed by atoms with Crippen LogP contribution in [0.5, 0.6) is 0 Å². The van der Waals surface area contributed by atoms with Gasteiger partial charge in [0.1, 0.15) is 11.6 Å². The number of hydrogen-bond donors (Lipinski definition) is 1. The number of ether oxygens (including phenoxy) is 1. The van der Waals surface area contributed by atoms with Crippen LogP contribution >= 0.6 is 0 Å². The smallest absolute Gasteiger partial charge is 0.254 e. The standard InChI is InChI=1S/C30H41F2N5O3/c1-19-12-35(24(11-33-19)14-34-8-9-40-17-20(34)2)16-27(38)37-18-30(4,5)28-21(3)29(39)36(15-26(28)37)13-22-6-7-23(31)10-25(22)32/h6-7,10,15,19-20,24,33H,8-9,11-14,16-18H2,1-5H3/t19-,20-,24-/m1/s1. The first-order valence-electron chi connectivity index (χ1n) is 14.2. The Morgan fingerprint density at radius 3 is 2.70 bits per heavy atom. The molecule has 8 nitrogen and oxygen atoms in total. The quantitative estimate of drug-likeness (QED) is 0.589. The van der Waals surface area contributed by atoms with Crippen molar-refractivity contribution in [3.63, 3.8) is 0 Å². The maximum absolute atomic E-state index is 14.5. The highest BCUT2D eigenvalue weighted by atomic mass is 19.1. The minimum atomic E-state index is -0.702. The Morgan fingerprint density at radius 2 is 1.98 bits per heavy atom. The van der Waals surface area contributed by atoms with Gasteiger partial charge in [0.25, 0.3) is 5.56 Å². The van der Waals surface area contributed by atoms with Gasteiger partial charge in [-0.3, -0.25) is 19.4 Å². The first kappa shape index (κ1) is 28.9. The molecule has 4 heterocycles. The highest BCUT2D eigenvalue weighted by molar-refractivity contribution is 5.97. The summed E-state index contributed by atoms with van der Waals surface area (Å²) in [6.07, 6.45) is 1.67. The molecule has 2 fully saturated rings. The Labute approximate surface area is 234 Å². The molecule has 0 radical (unpaired) electrons. The Morgan fingerprint density at radius 1 is 1.20 bits per heavy atom. The molecule has 5 rings (SSSR count). The molecule has 1 N–H and O–H groups in total. The van der Waals surface area contributed by atoms with Crippen LogP contribution in [0.4, 0.5) is 14.5 Å². The van der Waals surface area contributed by atoms with Crippen molar-refractivity contribution in [2.45, 2.75) is 64.7 Å². The van der Waals surface area contributed by atoms with E-state index >= 15 is 0 Å². The van der Waals surface area contributed by atoms with Gasteiger partial charge < -0.3 is 19.5 Å². The third-order valence-electron chi connectivity index (χ3n) is 8.68. The van der Waals surface area contributed by atoms with Gasteiger partial charge in [0, 0.05) is 79.7 Å². The van der Waals surface area contributed by atoms with Crippen molar-refractivity contribution in [1.29, 1.82) is 0 Å². The SMILES string of the molecule is Cc1c2c(cn(Cc3ccc(F)cc3F)c1=O)N(C(=O)CN1C[C@@H](C)NC[C@@H]1CN1CCOC[C@H]1C)CC2(C)C. The molecule has 0 aliphatic carbocycles. The van der Waals surface area contributed by atoms with E-state index in [9.17, 15) is 18.4 Å². The van der Waals surface area contributed by atoms with Crippen molar-refractivity contribution >= 4 is 11.6 Å². The maximum Gasteiger partial charge on any atom is 0.254 e. The van der Waals surface area contributed by atoms with Gasteiger partial charge in [0.2, 0.25) is 5.91 Å². The van der Waals surface area contributed by atoms with Gasteiger partial charge >= 0.3 is 0 Å². The average Bonchev–Trinajstić information content (AvgIpc) is 3.17. The Kier molecular flexibility index (Phi) is 8.16. The number of piperazine rings is 1. The van der Waals surface area contributed by atoms with E-state index in [-0.39, 0.29) is 42.2 Å². The lowest BCUT2D eigenvalue weighted by atomic mass is 9.85. The van der Waals surface area contributed by atoms with Gasteiger partial charge in [-0.2, -0.15) is 0 Å². The molecular weight excluding hydrogens is 516 g/mol. The number of aromatic nitrogens is 1. The summed E-state index contributed by atoms with van der Waals surface area (Å²) in [5.74, 6) is -1.38. The molecule has 0 saturated carbocycles. The molecule has 1 aromatic heterocycles. The number of anilines is 1. The van der Waals surface area contributed by atoms with Crippen LogP contribution in [0.15, 0.2) is 29.2 Å². The highest BCUT2D eigenvalue weighted by Crippen LogP contribution is 2.41. The first-order chi connectivity index (χ1) is 18.9. The van der Waals surface area contributed by atoms with E-state index in [1.165, 1.54) is 16.7 Å². The predicted molar refractivity (Wildman–Crippen MR) is 151 cm³/mol. The first-order valence-corrected chi connectivity index (χ1v) is 14.2. The third kappa shape index (κ3) is 5.72. The second-order valence-corrected chi connectivity index (χ2v) is 12.4. The lowest BCUT2D eigenvalue weighted by Crippen LogP contribution is -2.62. The maximum atomic E-state index is 14.5. The number of amides is 1. The van der Waals surface area contributed by atoms with Gasteiger partial charge in [-0.05, 0) is 32.4 Å². The second-order valence-electron chi connectivity index (χ2n) is 12.4.